The SMILES string of the molecule is COc1nc(Cl)c(C)c(CCc2ccc(C(C)(C)C)cc2)n1. The van der Waals surface area contributed by atoms with E-state index in [0.29, 0.717) is 11.2 Å². The molecule has 0 atom stereocenters. The Labute approximate surface area is 137 Å². The molecule has 1 heterocycles. The normalized spacial score (nSPS) is 11.5. The summed E-state index contributed by atoms with van der Waals surface area (Å²) in [6.45, 7) is 8.61. The third-order valence-corrected chi connectivity index (χ3v) is 4.19. The molecule has 0 spiro atoms. The summed E-state index contributed by atoms with van der Waals surface area (Å²) in [6.07, 6.45) is 1.74. The number of hydrogen-bond donors (Lipinski definition) is 0. The standard InChI is InChI=1S/C18H23ClN2O/c1-12-15(20-17(22-5)21-16(12)19)11-8-13-6-9-14(10-7-13)18(2,3)4/h6-7,9-10H,8,11H2,1-5H3. The smallest absolute Gasteiger partial charge is 0.317 e. The van der Waals surface area contributed by atoms with Gasteiger partial charge in [-0.15, -0.1) is 0 Å². The van der Waals surface area contributed by atoms with Gasteiger partial charge in [0.05, 0.1) is 12.8 Å². The van der Waals surface area contributed by atoms with E-state index in [1.807, 2.05) is 6.92 Å². The molecule has 1 aromatic carbocycles. The summed E-state index contributed by atoms with van der Waals surface area (Å²) in [5.74, 6) is 0. The van der Waals surface area contributed by atoms with E-state index in [4.69, 9.17) is 16.3 Å². The summed E-state index contributed by atoms with van der Waals surface area (Å²) in [4.78, 5) is 8.48. The summed E-state index contributed by atoms with van der Waals surface area (Å²) in [6, 6.07) is 9.12. The van der Waals surface area contributed by atoms with Crippen molar-refractivity contribution in [2.24, 2.45) is 0 Å². The van der Waals surface area contributed by atoms with E-state index in [0.717, 1.165) is 24.1 Å². The van der Waals surface area contributed by atoms with Crippen LogP contribution in [0.5, 0.6) is 6.01 Å². The van der Waals surface area contributed by atoms with Crippen LogP contribution in [-0.2, 0) is 18.3 Å². The molecule has 2 aromatic rings. The first-order valence-corrected chi connectivity index (χ1v) is 7.85. The van der Waals surface area contributed by atoms with Crippen molar-refractivity contribution >= 4 is 11.6 Å². The summed E-state index contributed by atoms with van der Waals surface area (Å²) >= 11 is 6.12. The number of halogens is 1. The highest BCUT2D eigenvalue weighted by Crippen LogP contribution is 2.23. The van der Waals surface area contributed by atoms with Crippen LogP contribution in [0.15, 0.2) is 24.3 Å². The number of methoxy groups -OCH3 is 1. The van der Waals surface area contributed by atoms with Crippen LogP contribution >= 0.6 is 11.6 Å². The van der Waals surface area contributed by atoms with Crippen molar-refractivity contribution in [2.75, 3.05) is 7.11 Å². The fourth-order valence-corrected chi connectivity index (χ4v) is 2.46. The molecule has 118 valence electrons. The summed E-state index contributed by atoms with van der Waals surface area (Å²) in [5.41, 5.74) is 4.69. The van der Waals surface area contributed by atoms with Gasteiger partial charge in [0.2, 0.25) is 0 Å². The molecule has 0 saturated carbocycles. The highest BCUT2D eigenvalue weighted by molar-refractivity contribution is 6.30. The lowest BCUT2D eigenvalue weighted by Gasteiger charge is -2.19. The molecule has 0 N–H and O–H groups in total. The van der Waals surface area contributed by atoms with Gasteiger partial charge in [-0.3, -0.25) is 0 Å². The molecule has 2 rings (SSSR count). The molecule has 0 fully saturated rings. The zero-order chi connectivity index (χ0) is 16.3. The first kappa shape index (κ1) is 16.8. The van der Waals surface area contributed by atoms with Crippen molar-refractivity contribution in [3.05, 3.63) is 51.8 Å². The van der Waals surface area contributed by atoms with Gasteiger partial charge in [0, 0.05) is 5.56 Å². The van der Waals surface area contributed by atoms with E-state index in [2.05, 4.69) is 55.0 Å². The molecule has 0 unspecified atom stereocenters. The van der Waals surface area contributed by atoms with E-state index in [9.17, 15) is 0 Å². The lowest BCUT2D eigenvalue weighted by Crippen LogP contribution is -2.10. The van der Waals surface area contributed by atoms with Crippen LogP contribution in [0.1, 0.15) is 43.2 Å². The van der Waals surface area contributed by atoms with Crippen LogP contribution < -0.4 is 4.74 Å². The van der Waals surface area contributed by atoms with Gasteiger partial charge in [-0.25, -0.2) is 0 Å². The number of hydrogen-bond acceptors (Lipinski definition) is 3. The molecule has 0 amide bonds. The molecular formula is C18H23ClN2O. The lowest BCUT2D eigenvalue weighted by molar-refractivity contribution is 0.377. The van der Waals surface area contributed by atoms with Gasteiger partial charge in [0.15, 0.2) is 0 Å². The highest BCUT2D eigenvalue weighted by atomic mass is 35.5. The minimum Gasteiger partial charge on any atom is -0.467 e. The van der Waals surface area contributed by atoms with Crippen LogP contribution in [-0.4, -0.2) is 17.1 Å². The summed E-state index contributed by atoms with van der Waals surface area (Å²) in [7, 11) is 1.55. The Bertz CT molecular complexity index is 645. The molecule has 3 nitrogen and oxygen atoms in total. The van der Waals surface area contributed by atoms with Gasteiger partial charge in [-0.2, -0.15) is 9.97 Å². The van der Waals surface area contributed by atoms with Crippen molar-refractivity contribution in [3.63, 3.8) is 0 Å². The van der Waals surface area contributed by atoms with Crippen LogP contribution in [0.25, 0.3) is 0 Å². The van der Waals surface area contributed by atoms with Crippen LogP contribution in [0.2, 0.25) is 5.15 Å². The van der Waals surface area contributed by atoms with Gasteiger partial charge in [-0.05, 0) is 36.3 Å². The Morgan fingerprint density at radius 1 is 1.05 bits per heavy atom. The van der Waals surface area contributed by atoms with Crippen LogP contribution in [0.3, 0.4) is 0 Å². The molecule has 0 radical (unpaired) electrons. The second-order valence-corrected chi connectivity index (χ2v) is 6.88. The monoisotopic (exact) mass is 318 g/mol. The average Bonchev–Trinajstić information content (AvgIpc) is 2.48. The van der Waals surface area contributed by atoms with Crippen molar-refractivity contribution < 1.29 is 4.74 Å². The minimum absolute atomic E-state index is 0.183. The van der Waals surface area contributed by atoms with Crippen LogP contribution in [0, 0.1) is 6.92 Å². The van der Waals surface area contributed by atoms with E-state index < -0.39 is 0 Å². The first-order valence-electron chi connectivity index (χ1n) is 7.47. The number of ether oxygens (including phenoxy) is 1. The largest absolute Gasteiger partial charge is 0.467 e. The molecule has 0 bridgehead atoms. The maximum absolute atomic E-state index is 6.12. The Morgan fingerprint density at radius 2 is 1.68 bits per heavy atom. The van der Waals surface area contributed by atoms with Crippen molar-refractivity contribution in [2.45, 2.75) is 46.0 Å². The fraction of sp³-hybridized carbons (Fsp3) is 0.444. The summed E-state index contributed by atoms with van der Waals surface area (Å²) < 4.78 is 5.09. The third-order valence-electron chi connectivity index (χ3n) is 3.82. The van der Waals surface area contributed by atoms with Gasteiger partial charge >= 0.3 is 6.01 Å². The molecule has 0 saturated heterocycles. The van der Waals surface area contributed by atoms with E-state index in [1.54, 1.807) is 7.11 Å². The first-order chi connectivity index (χ1) is 10.3. The molecule has 1 aromatic heterocycles. The number of benzene rings is 1. The number of nitrogens with zero attached hydrogens (tertiary/aromatic N) is 2. The minimum atomic E-state index is 0.183. The molecule has 4 heteroatoms. The maximum atomic E-state index is 6.12. The average molecular weight is 319 g/mol. The molecule has 0 aliphatic heterocycles. The zero-order valence-electron chi connectivity index (χ0n) is 13.9. The fourth-order valence-electron chi connectivity index (χ4n) is 2.28. The Balaban J connectivity index is 2.12. The molecule has 22 heavy (non-hydrogen) atoms. The lowest BCUT2D eigenvalue weighted by atomic mass is 9.86. The van der Waals surface area contributed by atoms with E-state index in [1.165, 1.54) is 11.1 Å². The number of aromatic nitrogens is 2. The predicted octanol–water partition coefficient (Wildman–Crippen LogP) is 4.53. The van der Waals surface area contributed by atoms with Crippen molar-refractivity contribution in [1.29, 1.82) is 0 Å². The molecule has 0 aliphatic rings. The number of rotatable bonds is 4. The maximum Gasteiger partial charge on any atom is 0.317 e. The van der Waals surface area contributed by atoms with Crippen molar-refractivity contribution in [3.8, 4) is 6.01 Å². The predicted molar refractivity (Wildman–Crippen MR) is 90.9 cm³/mol. The Morgan fingerprint density at radius 3 is 2.23 bits per heavy atom. The quantitative estimate of drug-likeness (QED) is 0.777. The molecule has 0 aliphatic carbocycles. The summed E-state index contributed by atoms with van der Waals surface area (Å²) in [5, 5.41) is 0.463. The Hall–Kier alpha value is -1.61. The van der Waals surface area contributed by atoms with E-state index in [-0.39, 0.29) is 5.41 Å². The van der Waals surface area contributed by atoms with Gasteiger partial charge in [0.1, 0.15) is 5.15 Å². The van der Waals surface area contributed by atoms with Gasteiger partial charge < -0.3 is 4.74 Å². The topological polar surface area (TPSA) is 35.0 Å². The second-order valence-electron chi connectivity index (χ2n) is 6.52. The van der Waals surface area contributed by atoms with Crippen molar-refractivity contribution in [1.82, 2.24) is 9.97 Å². The van der Waals surface area contributed by atoms with E-state index >= 15 is 0 Å². The number of aryl methyl sites for hydroxylation is 2. The molecular weight excluding hydrogens is 296 g/mol. The third kappa shape index (κ3) is 3.98. The zero-order valence-corrected chi connectivity index (χ0v) is 14.7. The Kier molecular flexibility index (Phi) is 5.07. The van der Waals surface area contributed by atoms with Gasteiger partial charge in [-0.1, -0.05) is 56.6 Å². The van der Waals surface area contributed by atoms with Crippen LogP contribution in [0.4, 0.5) is 0 Å². The van der Waals surface area contributed by atoms with Gasteiger partial charge in [0.25, 0.3) is 0 Å². The highest BCUT2D eigenvalue weighted by Gasteiger charge is 2.13. The second kappa shape index (κ2) is 6.66.